The molecule has 2 rings (SSSR count). The van der Waals surface area contributed by atoms with Crippen molar-refractivity contribution in [3.63, 3.8) is 0 Å². The minimum absolute atomic E-state index is 1.21. The molecule has 122 valence electrons. The van der Waals surface area contributed by atoms with Crippen molar-refractivity contribution in [2.45, 2.75) is 48.3 Å². The maximum absolute atomic E-state index is 4.19. The van der Waals surface area contributed by atoms with Gasteiger partial charge in [0.1, 0.15) is 0 Å². The van der Waals surface area contributed by atoms with E-state index in [-0.39, 0.29) is 0 Å². The zero-order valence-corrected chi connectivity index (χ0v) is 15.2. The Morgan fingerprint density at radius 2 is 1.14 bits per heavy atom. The minimum atomic E-state index is 1.21. The van der Waals surface area contributed by atoms with Gasteiger partial charge in [-0.2, -0.15) is 10.2 Å². The van der Waals surface area contributed by atoms with E-state index in [4.69, 9.17) is 0 Å². The standard InChI is InChI=1S/C16H26N4S2/c1-19-13-15(11-17-19)21-9-7-5-3-4-6-8-10-22-16-12-18-20(2)14-16/h11-14H,3-10H2,1-2H3. The van der Waals surface area contributed by atoms with Gasteiger partial charge >= 0.3 is 0 Å². The lowest BCUT2D eigenvalue weighted by molar-refractivity contribution is 0.629. The SMILES string of the molecule is Cn1cc(SCCCCCCCCSc2cnn(C)c2)cn1. The van der Waals surface area contributed by atoms with Gasteiger partial charge in [-0.05, 0) is 24.3 Å². The monoisotopic (exact) mass is 338 g/mol. The average molecular weight is 339 g/mol. The van der Waals surface area contributed by atoms with Crippen LogP contribution in [0.1, 0.15) is 38.5 Å². The maximum Gasteiger partial charge on any atom is 0.0625 e. The molecule has 6 heteroatoms. The number of unbranched alkanes of at least 4 members (excludes halogenated alkanes) is 5. The van der Waals surface area contributed by atoms with E-state index < -0.39 is 0 Å². The molecule has 0 aliphatic heterocycles. The average Bonchev–Trinajstić information content (AvgIpc) is 3.09. The summed E-state index contributed by atoms with van der Waals surface area (Å²) in [6, 6.07) is 0. The molecule has 0 aliphatic carbocycles. The van der Waals surface area contributed by atoms with Crippen molar-refractivity contribution in [2.24, 2.45) is 14.1 Å². The van der Waals surface area contributed by atoms with Crippen molar-refractivity contribution in [1.82, 2.24) is 19.6 Å². The molecule has 0 unspecified atom stereocenters. The Bertz CT molecular complexity index is 487. The smallest absolute Gasteiger partial charge is 0.0625 e. The number of aryl methyl sites for hydroxylation is 2. The molecular formula is C16H26N4S2. The van der Waals surface area contributed by atoms with Crippen molar-refractivity contribution in [3.05, 3.63) is 24.8 Å². The Morgan fingerprint density at radius 3 is 1.50 bits per heavy atom. The van der Waals surface area contributed by atoms with Crippen molar-refractivity contribution in [1.29, 1.82) is 0 Å². The summed E-state index contributed by atoms with van der Waals surface area (Å²) in [5.41, 5.74) is 0. The fourth-order valence-corrected chi connectivity index (χ4v) is 4.10. The van der Waals surface area contributed by atoms with E-state index in [0.29, 0.717) is 0 Å². The number of hydrogen-bond acceptors (Lipinski definition) is 4. The largest absolute Gasteiger partial charge is 0.275 e. The van der Waals surface area contributed by atoms with Gasteiger partial charge in [-0.1, -0.05) is 25.7 Å². The summed E-state index contributed by atoms with van der Waals surface area (Å²) in [5, 5.41) is 8.37. The Labute approximate surface area is 142 Å². The van der Waals surface area contributed by atoms with Crippen LogP contribution < -0.4 is 0 Å². The molecule has 0 atom stereocenters. The van der Waals surface area contributed by atoms with Crippen molar-refractivity contribution >= 4 is 23.5 Å². The molecule has 0 fully saturated rings. The Balaban J connectivity index is 1.37. The lowest BCUT2D eigenvalue weighted by Gasteiger charge is -2.01. The van der Waals surface area contributed by atoms with Crippen LogP contribution in [0.4, 0.5) is 0 Å². The van der Waals surface area contributed by atoms with Crippen LogP contribution in [0.15, 0.2) is 34.6 Å². The molecule has 0 radical (unpaired) electrons. The number of thioether (sulfide) groups is 2. The van der Waals surface area contributed by atoms with E-state index in [9.17, 15) is 0 Å². The first kappa shape index (κ1) is 17.5. The van der Waals surface area contributed by atoms with Gasteiger partial charge in [0.15, 0.2) is 0 Å². The Kier molecular flexibility index (Phi) is 7.94. The normalized spacial score (nSPS) is 11.2. The maximum atomic E-state index is 4.19. The molecule has 22 heavy (non-hydrogen) atoms. The van der Waals surface area contributed by atoms with Gasteiger partial charge in [0, 0.05) is 36.3 Å². The predicted molar refractivity (Wildman–Crippen MR) is 95.6 cm³/mol. The summed E-state index contributed by atoms with van der Waals surface area (Å²) < 4.78 is 3.73. The molecule has 2 heterocycles. The highest BCUT2D eigenvalue weighted by atomic mass is 32.2. The zero-order valence-electron chi connectivity index (χ0n) is 13.6. The van der Waals surface area contributed by atoms with Gasteiger partial charge in [-0.3, -0.25) is 9.36 Å². The molecular weight excluding hydrogens is 312 g/mol. The lowest BCUT2D eigenvalue weighted by atomic mass is 10.1. The molecule has 0 bridgehead atoms. The third-order valence-electron chi connectivity index (χ3n) is 3.44. The van der Waals surface area contributed by atoms with Gasteiger partial charge in [0.25, 0.3) is 0 Å². The van der Waals surface area contributed by atoms with Gasteiger partial charge < -0.3 is 0 Å². The van der Waals surface area contributed by atoms with Crippen molar-refractivity contribution < 1.29 is 0 Å². The first-order valence-corrected chi connectivity index (χ1v) is 9.94. The molecule has 0 aliphatic rings. The highest BCUT2D eigenvalue weighted by molar-refractivity contribution is 7.99. The molecule has 4 nitrogen and oxygen atoms in total. The quantitative estimate of drug-likeness (QED) is 0.450. The highest BCUT2D eigenvalue weighted by Gasteiger charge is 1.98. The van der Waals surface area contributed by atoms with E-state index in [2.05, 4.69) is 22.6 Å². The molecule has 0 amide bonds. The van der Waals surface area contributed by atoms with Crippen LogP contribution in [0.5, 0.6) is 0 Å². The van der Waals surface area contributed by atoms with Crippen molar-refractivity contribution in [2.75, 3.05) is 11.5 Å². The molecule has 0 saturated carbocycles. The molecule has 0 aromatic carbocycles. The summed E-state index contributed by atoms with van der Waals surface area (Å²) in [4.78, 5) is 2.57. The fourth-order valence-electron chi connectivity index (χ4n) is 2.24. The van der Waals surface area contributed by atoms with Crippen LogP contribution >= 0.6 is 23.5 Å². The molecule has 0 N–H and O–H groups in total. The van der Waals surface area contributed by atoms with Gasteiger partial charge in [0.2, 0.25) is 0 Å². The molecule has 0 spiro atoms. The van der Waals surface area contributed by atoms with Crippen LogP contribution in [0.2, 0.25) is 0 Å². The second kappa shape index (κ2) is 10.0. The second-order valence-corrected chi connectivity index (χ2v) is 7.85. The van der Waals surface area contributed by atoms with Crippen LogP contribution in [-0.4, -0.2) is 31.1 Å². The summed E-state index contributed by atoms with van der Waals surface area (Å²) in [7, 11) is 3.94. The molecule has 0 saturated heterocycles. The third-order valence-corrected chi connectivity index (χ3v) is 5.51. The van der Waals surface area contributed by atoms with E-state index in [0.717, 1.165) is 0 Å². The van der Waals surface area contributed by atoms with E-state index in [1.807, 2.05) is 59.4 Å². The first-order valence-electron chi connectivity index (χ1n) is 7.97. The predicted octanol–water partition coefficient (Wildman–Crippen LogP) is 4.38. The number of rotatable bonds is 11. The first-order chi connectivity index (χ1) is 10.7. The third kappa shape index (κ3) is 6.92. The van der Waals surface area contributed by atoms with Gasteiger partial charge in [0.05, 0.1) is 12.4 Å². The summed E-state index contributed by atoms with van der Waals surface area (Å²) in [5.74, 6) is 2.42. The molecule has 2 aromatic heterocycles. The lowest BCUT2D eigenvalue weighted by Crippen LogP contribution is -1.85. The Hall–Kier alpha value is -0.880. The van der Waals surface area contributed by atoms with E-state index >= 15 is 0 Å². The summed E-state index contributed by atoms with van der Waals surface area (Å²) in [6.45, 7) is 0. The molecule has 2 aromatic rings. The minimum Gasteiger partial charge on any atom is -0.275 e. The van der Waals surface area contributed by atoms with E-state index in [1.54, 1.807) is 0 Å². The van der Waals surface area contributed by atoms with Crippen molar-refractivity contribution in [3.8, 4) is 0 Å². The zero-order chi connectivity index (χ0) is 15.6. The second-order valence-electron chi connectivity index (χ2n) is 5.52. The summed E-state index contributed by atoms with van der Waals surface area (Å²) >= 11 is 3.84. The summed E-state index contributed by atoms with van der Waals surface area (Å²) in [6.07, 6.45) is 16.1. The number of hydrogen-bond donors (Lipinski definition) is 0. The number of aromatic nitrogens is 4. The van der Waals surface area contributed by atoms with Crippen LogP contribution in [0, 0.1) is 0 Å². The Morgan fingerprint density at radius 1 is 0.727 bits per heavy atom. The van der Waals surface area contributed by atoms with Gasteiger partial charge in [-0.25, -0.2) is 0 Å². The topological polar surface area (TPSA) is 35.6 Å². The fraction of sp³-hybridized carbons (Fsp3) is 0.625. The van der Waals surface area contributed by atoms with Crippen LogP contribution in [-0.2, 0) is 14.1 Å². The van der Waals surface area contributed by atoms with E-state index in [1.165, 1.54) is 59.8 Å². The van der Waals surface area contributed by atoms with Gasteiger partial charge in [-0.15, -0.1) is 23.5 Å². The highest BCUT2D eigenvalue weighted by Crippen LogP contribution is 2.20. The van der Waals surface area contributed by atoms with Crippen LogP contribution in [0.3, 0.4) is 0 Å². The van der Waals surface area contributed by atoms with Crippen LogP contribution in [0.25, 0.3) is 0 Å². The number of nitrogens with zero attached hydrogens (tertiary/aromatic N) is 4.